The van der Waals surface area contributed by atoms with Gasteiger partial charge in [-0.3, -0.25) is 4.90 Å². The molecule has 1 fully saturated rings. The fourth-order valence-corrected chi connectivity index (χ4v) is 3.48. The third-order valence-electron chi connectivity index (χ3n) is 3.36. The van der Waals surface area contributed by atoms with Gasteiger partial charge in [-0.1, -0.05) is 6.07 Å². The molecule has 2 unspecified atom stereocenters. The number of aliphatic hydroxyl groups is 1. The monoisotopic (exact) mass is 273 g/mol. The molecule has 1 aromatic carbocycles. The van der Waals surface area contributed by atoms with Crippen LogP contribution in [0, 0.1) is 11.6 Å². The van der Waals surface area contributed by atoms with Gasteiger partial charge in [0.2, 0.25) is 0 Å². The lowest BCUT2D eigenvalue weighted by Gasteiger charge is -2.35. The van der Waals surface area contributed by atoms with Crippen LogP contribution >= 0.6 is 11.8 Å². The van der Waals surface area contributed by atoms with E-state index in [0.29, 0.717) is 0 Å². The zero-order valence-electron chi connectivity index (χ0n) is 10.3. The van der Waals surface area contributed by atoms with Gasteiger partial charge in [0.25, 0.3) is 0 Å². The molecule has 5 heteroatoms. The largest absolute Gasteiger partial charge is 0.391 e. The number of aliphatic hydroxyl groups excluding tert-OH is 1. The van der Waals surface area contributed by atoms with E-state index in [1.54, 1.807) is 11.8 Å². The minimum atomic E-state index is -0.741. The normalized spacial score (nSPS) is 23.0. The molecule has 0 bridgehead atoms. The third-order valence-corrected chi connectivity index (χ3v) is 4.41. The number of hydrogen-bond acceptors (Lipinski definition) is 3. The van der Waals surface area contributed by atoms with Gasteiger partial charge in [-0.2, -0.15) is 11.8 Å². The first-order chi connectivity index (χ1) is 8.59. The van der Waals surface area contributed by atoms with Crippen molar-refractivity contribution >= 4 is 11.8 Å². The fraction of sp³-hybridized carbons (Fsp3) is 0.538. The van der Waals surface area contributed by atoms with E-state index >= 15 is 0 Å². The summed E-state index contributed by atoms with van der Waals surface area (Å²) in [5, 5.41) is 10.2. The molecule has 2 nitrogen and oxygen atoms in total. The highest BCUT2D eigenvalue weighted by Gasteiger charge is 2.28. The Labute approximate surface area is 110 Å². The summed E-state index contributed by atoms with van der Waals surface area (Å²) >= 11 is 1.76. The summed E-state index contributed by atoms with van der Waals surface area (Å²) in [6.45, 7) is 0.895. The predicted molar refractivity (Wildman–Crippen MR) is 69.8 cm³/mol. The first-order valence-corrected chi connectivity index (χ1v) is 7.14. The van der Waals surface area contributed by atoms with Crippen LogP contribution in [0.1, 0.15) is 5.56 Å². The fourth-order valence-electron chi connectivity index (χ4n) is 2.18. The van der Waals surface area contributed by atoms with Crippen molar-refractivity contribution in [2.24, 2.45) is 0 Å². The van der Waals surface area contributed by atoms with Crippen molar-refractivity contribution in [1.29, 1.82) is 0 Å². The van der Waals surface area contributed by atoms with Crippen molar-refractivity contribution in [3.05, 3.63) is 35.4 Å². The average Bonchev–Trinajstić information content (AvgIpc) is 2.34. The highest BCUT2D eigenvalue weighted by atomic mass is 32.2. The van der Waals surface area contributed by atoms with E-state index in [2.05, 4.69) is 4.90 Å². The van der Waals surface area contributed by atoms with Gasteiger partial charge in [-0.25, -0.2) is 8.78 Å². The Morgan fingerprint density at radius 3 is 2.72 bits per heavy atom. The smallest absolute Gasteiger partial charge is 0.129 e. The van der Waals surface area contributed by atoms with E-state index in [-0.39, 0.29) is 18.0 Å². The molecular weight excluding hydrogens is 256 g/mol. The molecule has 1 aliphatic heterocycles. The van der Waals surface area contributed by atoms with Gasteiger partial charge in [-0.15, -0.1) is 0 Å². The molecular formula is C13H17F2NOS. The van der Waals surface area contributed by atoms with Crippen molar-refractivity contribution in [2.45, 2.75) is 18.6 Å². The predicted octanol–water partition coefficient (Wildman–Crippen LogP) is 1.92. The van der Waals surface area contributed by atoms with Crippen LogP contribution in [0.3, 0.4) is 0 Å². The first kappa shape index (κ1) is 13.8. The van der Waals surface area contributed by atoms with E-state index in [0.717, 1.165) is 18.1 Å². The molecule has 0 saturated carbocycles. The topological polar surface area (TPSA) is 23.5 Å². The summed E-state index contributed by atoms with van der Waals surface area (Å²) in [6.07, 6.45) is -0.720. The van der Waals surface area contributed by atoms with Gasteiger partial charge in [0.1, 0.15) is 11.6 Å². The molecule has 0 amide bonds. The number of nitrogens with zero attached hydrogens (tertiary/aromatic N) is 1. The molecule has 1 saturated heterocycles. The van der Waals surface area contributed by atoms with E-state index in [1.165, 1.54) is 18.2 Å². The minimum Gasteiger partial charge on any atom is -0.391 e. The summed E-state index contributed by atoms with van der Waals surface area (Å²) in [6, 6.07) is 3.75. The van der Waals surface area contributed by atoms with Crippen LogP contribution in [0.2, 0.25) is 0 Å². The second-order valence-electron chi connectivity index (χ2n) is 4.59. The van der Waals surface area contributed by atoms with Crippen LogP contribution in [-0.4, -0.2) is 47.3 Å². The second-order valence-corrected chi connectivity index (χ2v) is 5.74. The SMILES string of the molecule is CN1CCSCC1C(O)Cc1c(F)cccc1F. The van der Waals surface area contributed by atoms with Crippen molar-refractivity contribution in [3.63, 3.8) is 0 Å². The number of likely N-dealkylation sites (N-methyl/N-ethyl adjacent to an activating group) is 1. The lowest BCUT2D eigenvalue weighted by Crippen LogP contribution is -2.47. The van der Waals surface area contributed by atoms with Gasteiger partial charge in [0, 0.05) is 36.1 Å². The van der Waals surface area contributed by atoms with E-state index < -0.39 is 17.7 Å². The van der Waals surface area contributed by atoms with Crippen LogP contribution in [0.5, 0.6) is 0 Å². The molecule has 18 heavy (non-hydrogen) atoms. The molecule has 100 valence electrons. The van der Waals surface area contributed by atoms with Crippen LogP contribution in [-0.2, 0) is 6.42 Å². The van der Waals surface area contributed by atoms with Crippen molar-refractivity contribution < 1.29 is 13.9 Å². The lowest BCUT2D eigenvalue weighted by molar-refractivity contribution is 0.0749. The Kier molecular flexibility index (Phi) is 4.59. The van der Waals surface area contributed by atoms with E-state index in [1.807, 2.05) is 7.05 Å². The Morgan fingerprint density at radius 2 is 2.11 bits per heavy atom. The highest BCUT2D eigenvalue weighted by Crippen LogP contribution is 2.21. The minimum absolute atomic E-state index is 0.0195. The zero-order valence-corrected chi connectivity index (χ0v) is 11.1. The van der Waals surface area contributed by atoms with E-state index in [9.17, 15) is 13.9 Å². The summed E-state index contributed by atoms with van der Waals surface area (Å²) in [5.41, 5.74) is -0.0195. The summed E-state index contributed by atoms with van der Waals surface area (Å²) < 4.78 is 27.0. The number of thioether (sulfide) groups is 1. The van der Waals surface area contributed by atoms with Crippen molar-refractivity contribution in [3.8, 4) is 0 Å². The van der Waals surface area contributed by atoms with Gasteiger partial charge in [-0.05, 0) is 19.2 Å². The molecule has 1 heterocycles. The maximum absolute atomic E-state index is 13.5. The van der Waals surface area contributed by atoms with Crippen molar-refractivity contribution in [2.75, 3.05) is 25.1 Å². The number of benzene rings is 1. The number of halogens is 2. The molecule has 1 N–H and O–H groups in total. The zero-order chi connectivity index (χ0) is 13.1. The summed E-state index contributed by atoms with van der Waals surface area (Å²) in [7, 11) is 1.94. The van der Waals surface area contributed by atoms with Gasteiger partial charge >= 0.3 is 0 Å². The standard InChI is InChI=1S/C13H17F2NOS/c1-16-5-6-18-8-12(16)13(17)7-9-10(14)3-2-4-11(9)15/h2-4,12-13,17H,5-8H2,1H3. The van der Waals surface area contributed by atoms with Crippen LogP contribution in [0.4, 0.5) is 8.78 Å². The second kappa shape index (κ2) is 5.99. The molecule has 1 aromatic rings. The average molecular weight is 273 g/mol. The molecule has 1 aliphatic rings. The first-order valence-electron chi connectivity index (χ1n) is 5.98. The van der Waals surface area contributed by atoms with Crippen LogP contribution in [0.15, 0.2) is 18.2 Å². The lowest BCUT2D eigenvalue weighted by atomic mass is 10.0. The van der Waals surface area contributed by atoms with Crippen LogP contribution in [0.25, 0.3) is 0 Å². The number of rotatable bonds is 3. The molecule has 0 spiro atoms. The van der Waals surface area contributed by atoms with Crippen molar-refractivity contribution in [1.82, 2.24) is 4.90 Å². The highest BCUT2D eigenvalue weighted by molar-refractivity contribution is 7.99. The molecule has 2 rings (SSSR count). The maximum atomic E-state index is 13.5. The number of hydrogen-bond donors (Lipinski definition) is 1. The molecule has 0 aromatic heterocycles. The Balaban J connectivity index is 2.08. The van der Waals surface area contributed by atoms with Gasteiger partial charge in [0.15, 0.2) is 0 Å². The Morgan fingerprint density at radius 1 is 1.44 bits per heavy atom. The van der Waals surface area contributed by atoms with Gasteiger partial charge in [0.05, 0.1) is 6.10 Å². The van der Waals surface area contributed by atoms with E-state index in [4.69, 9.17) is 0 Å². The van der Waals surface area contributed by atoms with Crippen LogP contribution < -0.4 is 0 Å². The Hall–Kier alpha value is -0.650. The van der Waals surface area contributed by atoms with Gasteiger partial charge < -0.3 is 5.11 Å². The molecule has 0 aliphatic carbocycles. The molecule has 0 radical (unpaired) electrons. The summed E-state index contributed by atoms with van der Waals surface area (Å²) in [5.74, 6) is 0.668. The summed E-state index contributed by atoms with van der Waals surface area (Å²) in [4.78, 5) is 2.06. The Bertz CT molecular complexity index is 396. The maximum Gasteiger partial charge on any atom is 0.129 e. The molecule has 2 atom stereocenters. The quantitative estimate of drug-likeness (QED) is 0.910. The third kappa shape index (κ3) is 3.02.